The predicted octanol–water partition coefficient (Wildman–Crippen LogP) is 3.64. The Morgan fingerprint density at radius 2 is 1.94 bits per heavy atom. The number of nitrogens with one attached hydrogen (secondary N) is 3. The minimum atomic E-state index is -0.774. The number of carbonyl (C=O) groups is 3. The van der Waals surface area contributed by atoms with E-state index in [2.05, 4.69) is 67.9 Å². The van der Waals surface area contributed by atoms with E-state index in [1.807, 2.05) is 11.3 Å². The minimum Gasteiger partial charge on any atom is -0.325 e. The van der Waals surface area contributed by atoms with Crippen LogP contribution in [0.25, 0.3) is 10.2 Å². The molecule has 0 saturated heterocycles. The van der Waals surface area contributed by atoms with Gasteiger partial charge in [0.15, 0.2) is 0 Å². The second-order valence-corrected chi connectivity index (χ2v) is 10.5. The summed E-state index contributed by atoms with van der Waals surface area (Å²) in [4.78, 5) is 42.2. The van der Waals surface area contributed by atoms with Crippen molar-refractivity contribution in [2.75, 3.05) is 5.32 Å². The molecule has 3 aromatic rings. The number of hydrogen-bond acceptors (Lipinski definition) is 7. The van der Waals surface area contributed by atoms with Crippen molar-refractivity contribution in [2.45, 2.75) is 47.0 Å². The summed E-state index contributed by atoms with van der Waals surface area (Å²) in [5, 5.41) is 5.81. The van der Waals surface area contributed by atoms with Gasteiger partial charge in [0.25, 0.3) is 0 Å². The number of pyridine rings is 2. The number of amides is 3. The van der Waals surface area contributed by atoms with Crippen molar-refractivity contribution in [2.24, 2.45) is 17.2 Å². The van der Waals surface area contributed by atoms with Crippen LogP contribution in [0.4, 0.5) is 5.82 Å². The van der Waals surface area contributed by atoms with Crippen LogP contribution in [0.2, 0.25) is 0 Å². The normalized spacial score (nSPS) is 14.1. The van der Waals surface area contributed by atoms with Gasteiger partial charge in [0.2, 0.25) is 6.41 Å². The number of carbonyl (C=O) groups excluding carboxylic acids is 3. The summed E-state index contributed by atoms with van der Waals surface area (Å²) in [5.74, 6) is 3.99. The summed E-state index contributed by atoms with van der Waals surface area (Å²) in [6, 6.07) is 9.65. The monoisotopic (exact) mass is 510 g/mol. The van der Waals surface area contributed by atoms with E-state index in [1.165, 1.54) is 45.4 Å². The molecule has 5 N–H and O–H groups in total. The van der Waals surface area contributed by atoms with Crippen LogP contribution in [0, 0.1) is 18.3 Å². The van der Waals surface area contributed by atoms with Crippen LogP contribution in [0.5, 0.6) is 0 Å². The van der Waals surface area contributed by atoms with Crippen LogP contribution in [-0.4, -0.2) is 28.2 Å². The van der Waals surface area contributed by atoms with E-state index >= 15 is 0 Å². The number of fused-ring (bicyclic) bond motifs is 2. The van der Waals surface area contributed by atoms with Gasteiger partial charge in [-0.05, 0) is 73.5 Å². The van der Waals surface area contributed by atoms with Gasteiger partial charge in [-0.15, -0.1) is 11.3 Å². The van der Waals surface area contributed by atoms with Crippen molar-refractivity contribution >= 4 is 45.6 Å². The number of aryl methyl sites for hydroxylation is 2. The van der Waals surface area contributed by atoms with Crippen LogP contribution in [0.15, 0.2) is 49.3 Å². The third-order valence-corrected chi connectivity index (χ3v) is 6.60. The van der Waals surface area contributed by atoms with Crippen LogP contribution in [-0.2, 0) is 27.2 Å². The van der Waals surface area contributed by atoms with E-state index < -0.39 is 11.8 Å². The second-order valence-electron chi connectivity index (χ2n) is 9.28. The molecule has 3 amide bonds. The third kappa shape index (κ3) is 8.54. The topological polar surface area (TPSA) is 139 Å². The van der Waals surface area contributed by atoms with E-state index in [1.54, 1.807) is 23.6 Å². The molecule has 1 atom stereocenters. The van der Waals surface area contributed by atoms with Crippen molar-refractivity contribution in [3.63, 3.8) is 0 Å². The Bertz CT molecular complexity index is 1190. The largest absolute Gasteiger partial charge is 0.325 e. The molecule has 3 aromatic heterocycles. The molecular formula is C26H34N6O3S. The van der Waals surface area contributed by atoms with E-state index in [0.717, 1.165) is 18.5 Å². The van der Waals surface area contributed by atoms with Crippen molar-refractivity contribution in [3.8, 4) is 0 Å². The molecule has 0 bridgehead atoms. The lowest BCUT2D eigenvalue weighted by Gasteiger charge is -2.34. The highest BCUT2D eigenvalue weighted by molar-refractivity contribution is 7.18. The van der Waals surface area contributed by atoms with Crippen LogP contribution >= 0.6 is 11.3 Å². The maximum absolute atomic E-state index is 11.1. The first-order valence-corrected chi connectivity index (χ1v) is 12.3. The Morgan fingerprint density at radius 1 is 1.22 bits per heavy atom. The van der Waals surface area contributed by atoms with Gasteiger partial charge < -0.3 is 10.6 Å². The molecule has 0 aromatic carbocycles. The van der Waals surface area contributed by atoms with Crippen molar-refractivity contribution in [1.29, 1.82) is 0 Å². The molecule has 9 nitrogen and oxygen atoms in total. The fourth-order valence-corrected chi connectivity index (χ4v) is 4.64. The summed E-state index contributed by atoms with van der Waals surface area (Å²) in [6.07, 6.45) is 6.71. The zero-order valence-corrected chi connectivity index (χ0v) is 21.9. The van der Waals surface area contributed by atoms with E-state index in [4.69, 9.17) is 9.78 Å². The summed E-state index contributed by atoms with van der Waals surface area (Å²) in [7, 11) is 0. The van der Waals surface area contributed by atoms with Crippen molar-refractivity contribution in [3.05, 3.63) is 65.4 Å². The highest BCUT2D eigenvalue weighted by atomic mass is 32.1. The Balaban J connectivity index is 0.000000227. The molecule has 0 spiro atoms. The van der Waals surface area contributed by atoms with Gasteiger partial charge in [0.05, 0.1) is 0 Å². The lowest BCUT2D eigenvalue weighted by Crippen LogP contribution is -2.32. The maximum atomic E-state index is 11.1. The number of anilines is 1. The van der Waals surface area contributed by atoms with E-state index in [9.17, 15) is 9.59 Å². The number of hydrazine groups is 1. The van der Waals surface area contributed by atoms with Crippen LogP contribution in [0.3, 0.4) is 0 Å². The van der Waals surface area contributed by atoms with Gasteiger partial charge in [-0.25, -0.2) is 15.8 Å². The molecule has 4 rings (SSSR count). The standard InChI is InChI=1S/C16H21NS.C9H9N3O2.CH4N2O/c1-10-7-12-8-11-9-13(16(2,3)4)5-6-14(11)17-15(12)18-10;1-2-10-8(13)9(14)12-7-5-3-4-6-11-7;2-3-1-4/h7-8,13H,5-6,9H2,1-4H3;2-6H,1H2,(H,10,13)(H,11,12,14);1H,2H2,(H,3,4). The molecule has 0 aliphatic heterocycles. The van der Waals surface area contributed by atoms with Crippen molar-refractivity contribution in [1.82, 2.24) is 20.7 Å². The highest BCUT2D eigenvalue weighted by Gasteiger charge is 2.29. The first-order chi connectivity index (χ1) is 17.1. The average Bonchev–Trinajstić information content (AvgIpc) is 3.21. The van der Waals surface area contributed by atoms with Gasteiger partial charge in [-0.3, -0.25) is 19.8 Å². The van der Waals surface area contributed by atoms with Gasteiger partial charge >= 0.3 is 11.8 Å². The molecule has 192 valence electrons. The summed E-state index contributed by atoms with van der Waals surface area (Å²) in [5.41, 5.74) is 5.01. The number of nitrogens with two attached hydrogens (primary N) is 1. The molecule has 0 fully saturated rings. The smallest absolute Gasteiger partial charge is 0.315 e. The van der Waals surface area contributed by atoms with Crippen molar-refractivity contribution < 1.29 is 14.4 Å². The lowest BCUT2D eigenvalue weighted by atomic mass is 9.71. The maximum Gasteiger partial charge on any atom is 0.315 e. The Kier molecular flexibility index (Phi) is 10.7. The lowest BCUT2D eigenvalue weighted by molar-refractivity contribution is -0.135. The molecule has 0 saturated carbocycles. The van der Waals surface area contributed by atoms with Crippen LogP contribution < -0.4 is 21.9 Å². The van der Waals surface area contributed by atoms with Gasteiger partial charge in [-0.1, -0.05) is 33.4 Å². The Morgan fingerprint density at radius 3 is 2.53 bits per heavy atom. The third-order valence-electron chi connectivity index (χ3n) is 5.63. The van der Waals surface area contributed by atoms with E-state index in [-0.39, 0.29) is 0 Å². The molecule has 1 unspecified atom stereocenters. The first-order valence-electron chi connectivity index (χ1n) is 11.5. The average molecular weight is 511 g/mol. The second kappa shape index (κ2) is 13.5. The van der Waals surface area contributed by atoms with Gasteiger partial charge in [0.1, 0.15) is 10.6 Å². The molecule has 36 heavy (non-hydrogen) atoms. The number of thiophene rings is 1. The predicted molar refractivity (Wildman–Crippen MR) is 144 cm³/mol. The number of hydrogen-bond donors (Lipinski definition) is 4. The van der Waals surface area contributed by atoms with E-state index in [0.29, 0.717) is 17.6 Å². The summed E-state index contributed by atoms with van der Waals surface area (Å²) >= 11 is 1.82. The van der Waals surface area contributed by atoms with Crippen LogP contribution in [0.1, 0.15) is 43.3 Å². The molecule has 1 aliphatic rings. The zero-order chi connectivity index (χ0) is 26.7. The molecule has 3 heterocycles. The molecule has 0 radical (unpaired) electrons. The number of nitrogens with zero attached hydrogens (tertiary/aromatic N) is 2. The number of rotatable bonds is 3. The first kappa shape index (κ1) is 28.6. The molecular weight excluding hydrogens is 476 g/mol. The fourth-order valence-electron chi connectivity index (χ4n) is 3.76. The quantitative estimate of drug-likeness (QED) is 0.139. The summed E-state index contributed by atoms with van der Waals surface area (Å²) < 4.78 is 0. The molecule has 10 heteroatoms. The Labute approximate surface area is 215 Å². The summed E-state index contributed by atoms with van der Waals surface area (Å²) in [6.45, 7) is 12.5. The highest BCUT2D eigenvalue weighted by Crippen LogP contribution is 2.38. The Hall–Kier alpha value is -3.63. The fraction of sp³-hybridized carbons (Fsp3) is 0.346. The van der Waals surface area contributed by atoms with Gasteiger partial charge in [-0.2, -0.15) is 0 Å². The molecule has 1 aliphatic carbocycles. The zero-order valence-electron chi connectivity index (χ0n) is 21.1. The SMILES string of the molecule is C=CNC(=O)C(=O)Nc1ccccn1.Cc1cc2cc3c(nc2s1)CCC(C(C)(C)C)C3.NNC=O. The minimum absolute atomic E-state index is 0.330. The van der Waals surface area contributed by atoms with Gasteiger partial charge in [0, 0.05) is 22.2 Å². The number of aromatic nitrogens is 2.